The number of nitrogens with zero attached hydrogens (tertiary/aromatic N) is 3. The molecule has 0 bridgehead atoms. The molecule has 2 aliphatic heterocycles. The number of hydrogen-bond acceptors (Lipinski definition) is 5. The molecule has 2 aliphatic rings. The Bertz CT molecular complexity index is 908. The van der Waals surface area contributed by atoms with Crippen LogP contribution >= 0.6 is 0 Å². The van der Waals surface area contributed by atoms with Crippen LogP contribution in [0.15, 0.2) is 30.5 Å². The second-order valence-corrected chi connectivity index (χ2v) is 7.92. The predicted molar refractivity (Wildman–Crippen MR) is 114 cm³/mol. The predicted octanol–water partition coefficient (Wildman–Crippen LogP) is 3.11. The Kier molecular flexibility index (Phi) is 6.03. The van der Waals surface area contributed by atoms with E-state index in [1.165, 1.54) is 19.0 Å². The van der Waals surface area contributed by atoms with E-state index in [4.69, 9.17) is 4.74 Å². The van der Waals surface area contributed by atoms with Crippen LogP contribution in [0.25, 0.3) is 5.69 Å². The van der Waals surface area contributed by atoms with E-state index in [0.29, 0.717) is 29.6 Å². The molecule has 8 nitrogen and oxygen atoms in total. The van der Waals surface area contributed by atoms with Gasteiger partial charge in [-0.1, -0.05) is 6.42 Å². The van der Waals surface area contributed by atoms with E-state index in [1.54, 1.807) is 11.6 Å². The smallest absolute Gasteiger partial charge is 0.341 e. The van der Waals surface area contributed by atoms with E-state index >= 15 is 0 Å². The highest BCUT2D eigenvalue weighted by Gasteiger charge is 2.36. The van der Waals surface area contributed by atoms with Gasteiger partial charge in [-0.15, -0.1) is 0 Å². The van der Waals surface area contributed by atoms with Crippen LogP contribution in [0.4, 0.5) is 10.5 Å². The van der Waals surface area contributed by atoms with Crippen molar-refractivity contribution >= 4 is 17.7 Å². The molecule has 2 fully saturated rings. The number of ether oxygens (including phenoxy) is 1. The molecular formula is C22H29N5O3. The van der Waals surface area contributed by atoms with Gasteiger partial charge in [-0.25, -0.2) is 14.3 Å². The standard InChI is InChI=1S/C22H29N5O3/c1-3-30-21(28)18-14-23-27(15(18)2)17-9-7-16(8-10-17)24-22(29)25-19-11-13-26-12-5-4-6-20(19)26/h7-10,14,19-20H,3-6,11-13H2,1-2H3,(H2,24,25,29)/t19-,20-/m1/s1. The number of amides is 2. The number of benzene rings is 1. The summed E-state index contributed by atoms with van der Waals surface area (Å²) in [6.45, 7) is 6.15. The molecule has 2 amide bonds. The van der Waals surface area contributed by atoms with Crippen LogP contribution in [0.1, 0.15) is 48.7 Å². The van der Waals surface area contributed by atoms with Gasteiger partial charge >= 0.3 is 12.0 Å². The molecule has 30 heavy (non-hydrogen) atoms. The number of urea groups is 1. The summed E-state index contributed by atoms with van der Waals surface area (Å²) in [6, 6.07) is 7.93. The molecule has 1 aromatic heterocycles. The zero-order valence-electron chi connectivity index (χ0n) is 17.6. The molecule has 0 unspecified atom stereocenters. The Hall–Kier alpha value is -2.87. The lowest BCUT2D eigenvalue weighted by atomic mass is 9.99. The zero-order chi connectivity index (χ0) is 21.1. The van der Waals surface area contributed by atoms with Crippen molar-refractivity contribution in [1.82, 2.24) is 20.0 Å². The number of esters is 1. The number of nitrogens with one attached hydrogen (secondary N) is 2. The van der Waals surface area contributed by atoms with E-state index < -0.39 is 0 Å². The lowest BCUT2D eigenvalue weighted by molar-refractivity contribution is 0.0525. The number of hydrogen-bond donors (Lipinski definition) is 2. The Morgan fingerprint density at radius 1 is 1.17 bits per heavy atom. The van der Waals surface area contributed by atoms with E-state index in [2.05, 4.69) is 20.6 Å². The summed E-state index contributed by atoms with van der Waals surface area (Å²) in [5, 5.41) is 10.4. The molecule has 160 valence electrons. The largest absolute Gasteiger partial charge is 0.462 e. The number of rotatable bonds is 5. The summed E-state index contributed by atoms with van der Waals surface area (Å²) >= 11 is 0. The van der Waals surface area contributed by atoms with E-state index in [9.17, 15) is 9.59 Å². The first kappa shape index (κ1) is 20.4. The fraction of sp³-hybridized carbons (Fsp3) is 0.500. The molecule has 0 radical (unpaired) electrons. The third-order valence-electron chi connectivity index (χ3n) is 6.05. The average molecular weight is 412 g/mol. The maximum Gasteiger partial charge on any atom is 0.341 e. The van der Waals surface area contributed by atoms with Crippen LogP contribution < -0.4 is 10.6 Å². The van der Waals surface area contributed by atoms with E-state index in [-0.39, 0.29) is 18.0 Å². The van der Waals surface area contributed by atoms with Gasteiger partial charge in [0.05, 0.1) is 24.2 Å². The summed E-state index contributed by atoms with van der Waals surface area (Å²) in [4.78, 5) is 27.0. The highest BCUT2D eigenvalue weighted by molar-refractivity contribution is 5.91. The normalized spacial score (nSPS) is 21.1. The second kappa shape index (κ2) is 8.87. The van der Waals surface area contributed by atoms with Gasteiger partial charge in [-0.05, 0) is 63.9 Å². The maximum absolute atomic E-state index is 12.5. The highest BCUT2D eigenvalue weighted by atomic mass is 16.5. The molecule has 0 spiro atoms. The molecule has 2 atom stereocenters. The lowest BCUT2D eigenvalue weighted by Gasteiger charge is -2.32. The van der Waals surface area contributed by atoms with Gasteiger partial charge in [0.1, 0.15) is 5.56 Å². The minimum atomic E-state index is -0.375. The number of aromatic nitrogens is 2. The Morgan fingerprint density at radius 2 is 1.97 bits per heavy atom. The molecule has 4 rings (SSSR count). The molecule has 1 aromatic carbocycles. The average Bonchev–Trinajstić information content (AvgIpc) is 3.33. The Labute approximate surface area is 176 Å². The summed E-state index contributed by atoms with van der Waals surface area (Å²) in [6.07, 6.45) is 6.20. The van der Waals surface area contributed by atoms with Crippen molar-refractivity contribution in [2.75, 3.05) is 25.0 Å². The van der Waals surface area contributed by atoms with Gasteiger partial charge in [0.15, 0.2) is 0 Å². The molecule has 8 heteroatoms. The van der Waals surface area contributed by atoms with Gasteiger partial charge in [0, 0.05) is 24.3 Å². The van der Waals surface area contributed by atoms with Crippen molar-refractivity contribution < 1.29 is 14.3 Å². The molecule has 3 heterocycles. The third-order valence-corrected chi connectivity index (χ3v) is 6.05. The number of piperidine rings is 1. The first-order valence-corrected chi connectivity index (χ1v) is 10.7. The zero-order valence-corrected chi connectivity index (χ0v) is 17.6. The van der Waals surface area contributed by atoms with Crippen LogP contribution in [-0.2, 0) is 4.74 Å². The monoisotopic (exact) mass is 411 g/mol. The van der Waals surface area contributed by atoms with Crippen molar-refractivity contribution in [3.63, 3.8) is 0 Å². The molecule has 2 aromatic rings. The summed E-state index contributed by atoms with van der Waals surface area (Å²) in [7, 11) is 0. The lowest BCUT2D eigenvalue weighted by Crippen LogP contribution is -2.47. The van der Waals surface area contributed by atoms with Crippen molar-refractivity contribution in [2.24, 2.45) is 0 Å². The summed E-state index contributed by atoms with van der Waals surface area (Å²) in [5.41, 5.74) is 2.68. The van der Waals surface area contributed by atoms with Crippen molar-refractivity contribution in [3.8, 4) is 5.69 Å². The summed E-state index contributed by atoms with van der Waals surface area (Å²) in [5.74, 6) is -0.375. The molecular weight excluding hydrogens is 382 g/mol. The van der Waals surface area contributed by atoms with Crippen LogP contribution in [-0.4, -0.2) is 58.5 Å². The fourth-order valence-electron chi connectivity index (χ4n) is 4.52. The number of anilines is 1. The highest BCUT2D eigenvalue weighted by Crippen LogP contribution is 2.27. The summed E-state index contributed by atoms with van der Waals surface area (Å²) < 4.78 is 6.75. The van der Waals surface area contributed by atoms with Crippen molar-refractivity contribution in [2.45, 2.75) is 51.6 Å². The number of carbonyl (C=O) groups excluding carboxylic acids is 2. The van der Waals surface area contributed by atoms with Crippen LogP contribution in [0.2, 0.25) is 0 Å². The topological polar surface area (TPSA) is 88.5 Å². The minimum absolute atomic E-state index is 0.167. The Morgan fingerprint density at radius 3 is 2.73 bits per heavy atom. The minimum Gasteiger partial charge on any atom is -0.462 e. The molecule has 0 aliphatic carbocycles. The number of carbonyl (C=O) groups is 2. The molecule has 0 saturated carbocycles. The van der Waals surface area contributed by atoms with E-state index in [1.807, 2.05) is 31.2 Å². The molecule has 2 N–H and O–H groups in total. The maximum atomic E-state index is 12.5. The van der Waals surface area contributed by atoms with Gasteiger partial charge < -0.3 is 15.4 Å². The SMILES string of the molecule is CCOC(=O)c1cnn(-c2ccc(NC(=O)N[C@@H]3CCN4CCCC[C@H]34)cc2)c1C. The van der Waals surface area contributed by atoms with Gasteiger partial charge in [-0.2, -0.15) is 5.10 Å². The third kappa shape index (κ3) is 4.18. The second-order valence-electron chi connectivity index (χ2n) is 7.92. The fourth-order valence-corrected chi connectivity index (χ4v) is 4.52. The van der Waals surface area contributed by atoms with Crippen LogP contribution in [0.3, 0.4) is 0 Å². The molecule has 2 saturated heterocycles. The first-order valence-electron chi connectivity index (χ1n) is 10.7. The van der Waals surface area contributed by atoms with Crippen molar-refractivity contribution in [3.05, 3.63) is 41.7 Å². The van der Waals surface area contributed by atoms with Gasteiger partial charge in [0.2, 0.25) is 0 Å². The quantitative estimate of drug-likeness (QED) is 0.738. The van der Waals surface area contributed by atoms with E-state index in [0.717, 1.165) is 31.6 Å². The Balaban J connectivity index is 1.37. The van der Waals surface area contributed by atoms with Crippen LogP contribution in [0, 0.1) is 6.92 Å². The van der Waals surface area contributed by atoms with Crippen LogP contribution in [0.5, 0.6) is 0 Å². The van der Waals surface area contributed by atoms with Crippen molar-refractivity contribution in [1.29, 1.82) is 0 Å². The first-order chi connectivity index (χ1) is 14.6. The van der Waals surface area contributed by atoms with Gasteiger partial charge in [-0.3, -0.25) is 4.90 Å². The number of fused-ring (bicyclic) bond motifs is 1. The van der Waals surface area contributed by atoms with Gasteiger partial charge in [0.25, 0.3) is 0 Å².